The van der Waals surface area contributed by atoms with E-state index in [9.17, 15) is 9.18 Å². The van der Waals surface area contributed by atoms with Gasteiger partial charge in [-0.3, -0.25) is 4.79 Å². The molecule has 0 radical (unpaired) electrons. The second kappa shape index (κ2) is 8.12. The van der Waals surface area contributed by atoms with Gasteiger partial charge in [0, 0.05) is 24.8 Å². The van der Waals surface area contributed by atoms with E-state index in [-0.39, 0.29) is 11.7 Å². The standard InChI is InChI=1S/C17H20FN3O/c1-2-3-9-19-16-11-14(8-10-20-16)17(22)21-12-13-4-6-15(18)7-5-13/h4-8,10-11H,2-3,9,12H2,1H3,(H,19,20)(H,21,22). The van der Waals surface area contributed by atoms with E-state index in [0.717, 1.165) is 24.9 Å². The molecule has 0 spiro atoms. The van der Waals surface area contributed by atoms with Crippen molar-refractivity contribution in [2.45, 2.75) is 26.3 Å². The molecular formula is C17H20FN3O. The number of nitrogens with zero attached hydrogens (tertiary/aromatic N) is 1. The molecule has 0 aliphatic carbocycles. The van der Waals surface area contributed by atoms with Gasteiger partial charge in [0.25, 0.3) is 5.91 Å². The Morgan fingerprint density at radius 3 is 2.73 bits per heavy atom. The van der Waals surface area contributed by atoms with Gasteiger partial charge in [0.15, 0.2) is 0 Å². The van der Waals surface area contributed by atoms with Crippen molar-refractivity contribution < 1.29 is 9.18 Å². The first-order valence-corrected chi connectivity index (χ1v) is 7.41. The van der Waals surface area contributed by atoms with Gasteiger partial charge in [0.05, 0.1) is 0 Å². The smallest absolute Gasteiger partial charge is 0.251 e. The van der Waals surface area contributed by atoms with Crippen molar-refractivity contribution in [3.63, 3.8) is 0 Å². The molecule has 0 fully saturated rings. The maximum atomic E-state index is 12.8. The summed E-state index contributed by atoms with van der Waals surface area (Å²) in [5, 5.41) is 6.00. The highest BCUT2D eigenvalue weighted by Crippen LogP contribution is 2.08. The number of unbranched alkanes of at least 4 members (excludes halogenated alkanes) is 1. The number of anilines is 1. The highest BCUT2D eigenvalue weighted by atomic mass is 19.1. The summed E-state index contributed by atoms with van der Waals surface area (Å²) in [5.41, 5.74) is 1.40. The number of aromatic nitrogens is 1. The van der Waals surface area contributed by atoms with Gasteiger partial charge in [-0.15, -0.1) is 0 Å². The number of nitrogens with one attached hydrogen (secondary N) is 2. The molecule has 0 bridgehead atoms. The molecule has 2 aromatic rings. The maximum Gasteiger partial charge on any atom is 0.251 e. The Kier molecular flexibility index (Phi) is 5.89. The van der Waals surface area contributed by atoms with Gasteiger partial charge >= 0.3 is 0 Å². The molecule has 0 aliphatic rings. The van der Waals surface area contributed by atoms with E-state index >= 15 is 0 Å². The van der Waals surface area contributed by atoms with E-state index in [1.165, 1.54) is 12.1 Å². The zero-order chi connectivity index (χ0) is 15.8. The topological polar surface area (TPSA) is 54.0 Å². The number of pyridine rings is 1. The minimum absolute atomic E-state index is 0.176. The maximum absolute atomic E-state index is 12.8. The Bertz CT molecular complexity index is 614. The monoisotopic (exact) mass is 301 g/mol. The Hall–Kier alpha value is -2.43. The fourth-order valence-electron chi connectivity index (χ4n) is 1.95. The number of rotatable bonds is 7. The molecule has 0 atom stereocenters. The molecule has 1 aromatic carbocycles. The summed E-state index contributed by atoms with van der Waals surface area (Å²) in [7, 11) is 0. The summed E-state index contributed by atoms with van der Waals surface area (Å²) in [4.78, 5) is 16.3. The molecule has 0 aliphatic heterocycles. The molecule has 0 saturated heterocycles. The molecule has 5 heteroatoms. The number of hydrogen-bond donors (Lipinski definition) is 2. The van der Waals surface area contributed by atoms with Crippen LogP contribution in [-0.2, 0) is 6.54 Å². The molecule has 116 valence electrons. The van der Waals surface area contributed by atoms with Crippen LogP contribution in [0.3, 0.4) is 0 Å². The van der Waals surface area contributed by atoms with Crippen molar-refractivity contribution in [3.05, 3.63) is 59.5 Å². The van der Waals surface area contributed by atoms with Crippen LogP contribution in [0.1, 0.15) is 35.7 Å². The first-order chi connectivity index (χ1) is 10.7. The number of hydrogen-bond acceptors (Lipinski definition) is 3. The lowest BCUT2D eigenvalue weighted by Gasteiger charge is -2.08. The third kappa shape index (κ3) is 4.84. The summed E-state index contributed by atoms with van der Waals surface area (Å²) >= 11 is 0. The summed E-state index contributed by atoms with van der Waals surface area (Å²) in [6.45, 7) is 3.32. The summed E-state index contributed by atoms with van der Waals surface area (Å²) < 4.78 is 12.8. The molecule has 1 aromatic heterocycles. The third-order valence-electron chi connectivity index (χ3n) is 3.22. The van der Waals surface area contributed by atoms with Crippen LogP contribution in [0, 0.1) is 5.82 Å². The first-order valence-electron chi connectivity index (χ1n) is 7.41. The molecular weight excluding hydrogens is 281 g/mol. The average Bonchev–Trinajstić information content (AvgIpc) is 2.54. The van der Waals surface area contributed by atoms with Gasteiger partial charge in [-0.05, 0) is 36.2 Å². The molecule has 0 unspecified atom stereocenters. The van der Waals surface area contributed by atoms with Gasteiger partial charge in [-0.25, -0.2) is 9.37 Å². The number of carbonyl (C=O) groups is 1. The van der Waals surface area contributed by atoms with Crippen LogP contribution < -0.4 is 10.6 Å². The van der Waals surface area contributed by atoms with E-state index in [0.29, 0.717) is 17.9 Å². The zero-order valence-electron chi connectivity index (χ0n) is 12.6. The molecule has 1 amide bonds. The van der Waals surface area contributed by atoms with Crippen LogP contribution >= 0.6 is 0 Å². The van der Waals surface area contributed by atoms with Gasteiger partial charge in [-0.2, -0.15) is 0 Å². The van der Waals surface area contributed by atoms with Crippen molar-refractivity contribution in [2.24, 2.45) is 0 Å². The zero-order valence-corrected chi connectivity index (χ0v) is 12.6. The number of carbonyl (C=O) groups excluding carboxylic acids is 1. The number of amides is 1. The van der Waals surface area contributed by atoms with Gasteiger partial charge < -0.3 is 10.6 Å². The minimum atomic E-state index is -0.285. The fourth-order valence-corrected chi connectivity index (χ4v) is 1.95. The Labute approximate surface area is 129 Å². The molecule has 4 nitrogen and oxygen atoms in total. The Balaban J connectivity index is 1.91. The van der Waals surface area contributed by atoms with Crippen molar-refractivity contribution in [2.75, 3.05) is 11.9 Å². The second-order valence-corrected chi connectivity index (χ2v) is 5.02. The lowest BCUT2D eigenvalue weighted by Crippen LogP contribution is -2.23. The Morgan fingerprint density at radius 2 is 2.00 bits per heavy atom. The molecule has 0 saturated carbocycles. The molecule has 2 N–H and O–H groups in total. The quantitative estimate of drug-likeness (QED) is 0.771. The van der Waals surface area contributed by atoms with Crippen LogP contribution in [0.2, 0.25) is 0 Å². The minimum Gasteiger partial charge on any atom is -0.370 e. The SMILES string of the molecule is CCCCNc1cc(C(=O)NCc2ccc(F)cc2)ccn1. The fraction of sp³-hybridized carbons (Fsp3) is 0.294. The first kappa shape index (κ1) is 15.9. The highest BCUT2D eigenvalue weighted by Gasteiger charge is 2.06. The van der Waals surface area contributed by atoms with E-state index in [4.69, 9.17) is 0 Å². The van der Waals surface area contributed by atoms with Crippen LogP contribution in [0.25, 0.3) is 0 Å². The largest absolute Gasteiger partial charge is 0.370 e. The van der Waals surface area contributed by atoms with E-state index in [1.807, 2.05) is 0 Å². The van der Waals surface area contributed by atoms with E-state index in [2.05, 4.69) is 22.5 Å². The molecule has 22 heavy (non-hydrogen) atoms. The number of halogens is 1. The summed E-state index contributed by atoms with van der Waals surface area (Å²) in [6, 6.07) is 9.47. The van der Waals surface area contributed by atoms with E-state index < -0.39 is 0 Å². The predicted octanol–water partition coefficient (Wildman–Crippen LogP) is 3.36. The lowest BCUT2D eigenvalue weighted by atomic mass is 10.2. The second-order valence-electron chi connectivity index (χ2n) is 5.02. The average molecular weight is 301 g/mol. The van der Waals surface area contributed by atoms with E-state index in [1.54, 1.807) is 30.5 Å². The van der Waals surface area contributed by atoms with Crippen LogP contribution in [0.15, 0.2) is 42.6 Å². The summed E-state index contributed by atoms with van der Waals surface area (Å²) in [5.74, 6) is 0.236. The molecule has 2 rings (SSSR count). The lowest BCUT2D eigenvalue weighted by molar-refractivity contribution is 0.0951. The normalized spacial score (nSPS) is 10.3. The van der Waals surface area contributed by atoms with Gasteiger partial charge in [0.2, 0.25) is 0 Å². The van der Waals surface area contributed by atoms with Crippen molar-refractivity contribution in [1.29, 1.82) is 0 Å². The van der Waals surface area contributed by atoms with Gasteiger partial charge in [0.1, 0.15) is 11.6 Å². The van der Waals surface area contributed by atoms with Crippen LogP contribution in [-0.4, -0.2) is 17.4 Å². The van der Waals surface area contributed by atoms with Crippen molar-refractivity contribution in [3.8, 4) is 0 Å². The van der Waals surface area contributed by atoms with Crippen molar-refractivity contribution >= 4 is 11.7 Å². The summed E-state index contributed by atoms with van der Waals surface area (Å²) in [6.07, 6.45) is 3.77. The van der Waals surface area contributed by atoms with Crippen LogP contribution in [0.5, 0.6) is 0 Å². The predicted molar refractivity (Wildman–Crippen MR) is 85.2 cm³/mol. The third-order valence-corrected chi connectivity index (χ3v) is 3.22. The Morgan fingerprint density at radius 1 is 1.23 bits per heavy atom. The highest BCUT2D eigenvalue weighted by molar-refractivity contribution is 5.94. The van der Waals surface area contributed by atoms with Crippen LogP contribution in [0.4, 0.5) is 10.2 Å². The molecule has 1 heterocycles. The number of benzene rings is 1. The van der Waals surface area contributed by atoms with Gasteiger partial charge in [-0.1, -0.05) is 25.5 Å². The van der Waals surface area contributed by atoms with Crippen molar-refractivity contribution in [1.82, 2.24) is 10.3 Å².